The van der Waals surface area contributed by atoms with Gasteiger partial charge in [0.05, 0.1) is 13.4 Å². The molecule has 8 heteroatoms. The van der Waals surface area contributed by atoms with E-state index in [9.17, 15) is 4.79 Å². The number of nitrogens with zero attached hydrogens (tertiary/aromatic N) is 5. The van der Waals surface area contributed by atoms with Gasteiger partial charge in [0.2, 0.25) is 5.91 Å². The first-order valence-corrected chi connectivity index (χ1v) is 8.56. The van der Waals surface area contributed by atoms with Gasteiger partial charge in [-0.3, -0.25) is 4.79 Å². The number of benzene rings is 1. The third-order valence-electron chi connectivity index (χ3n) is 4.62. The molecule has 2 N–H and O–H groups in total. The standard InChI is InChI=1S/C18H20N6O2/c1-26-13-6-4-12(5-7-13)17-21-16(19)15-18(22-17)24(11-20-15)10-9-23-8-2-3-14(23)25/h4-7,11H,2-3,8-10H2,1H3,(H2,19,21,22). The number of hydrogen-bond donors (Lipinski definition) is 1. The van der Waals surface area contributed by atoms with Gasteiger partial charge in [-0.25, -0.2) is 15.0 Å². The van der Waals surface area contributed by atoms with Crippen LogP contribution in [0.1, 0.15) is 12.8 Å². The third-order valence-corrected chi connectivity index (χ3v) is 4.62. The van der Waals surface area contributed by atoms with Gasteiger partial charge in [-0.05, 0) is 30.7 Å². The van der Waals surface area contributed by atoms with Gasteiger partial charge in [-0.15, -0.1) is 0 Å². The molecule has 0 spiro atoms. The number of carbonyl (C=O) groups is 1. The number of ether oxygens (including phenoxy) is 1. The number of methoxy groups -OCH3 is 1. The van der Waals surface area contributed by atoms with Crippen LogP contribution in [0.3, 0.4) is 0 Å². The topological polar surface area (TPSA) is 99.2 Å². The molecule has 0 atom stereocenters. The zero-order chi connectivity index (χ0) is 18.1. The number of amides is 1. The first kappa shape index (κ1) is 16.3. The van der Waals surface area contributed by atoms with E-state index in [1.165, 1.54) is 0 Å². The van der Waals surface area contributed by atoms with E-state index in [0.717, 1.165) is 24.3 Å². The summed E-state index contributed by atoms with van der Waals surface area (Å²) in [5.74, 6) is 1.86. The Hall–Kier alpha value is -3.16. The number of aromatic nitrogens is 4. The maximum atomic E-state index is 11.8. The van der Waals surface area contributed by atoms with E-state index in [1.54, 1.807) is 13.4 Å². The minimum Gasteiger partial charge on any atom is -0.497 e. The highest BCUT2D eigenvalue weighted by Crippen LogP contribution is 2.24. The number of nitrogens with two attached hydrogens (primary N) is 1. The molecule has 0 unspecified atom stereocenters. The van der Waals surface area contributed by atoms with Gasteiger partial charge in [0.15, 0.2) is 17.3 Å². The SMILES string of the molecule is COc1ccc(-c2nc(N)c3ncn(CCN4CCCC4=O)c3n2)cc1. The highest BCUT2D eigenvalue weighted by atomic mass is 16.5. The molecule has 1 aliphatic rings. The number of anilines is 1. The van der Waals surface area contributed by atoms with Crippen LogP contribution >= 0.6 is 0 Å². The van der Waals surface area contributed by atoms with Crippen molar-refractivity contribution in [1.82, 2.24) is 24.4 Å². The molecule has 1 aliphatic heterocycles. The van der Waals surface area contributed by atoms with Crippen LogP contribution in [0.2, 0.25) is 0 Å². The molecule has 0 aliphatic carbocycles. The van der Waals surface area contributed by atoms with E-state index >= 15 is 0 Å². The number of likely N-dealkylation sites (tertiary alicyclic amines) is 1. The largest absolute Gasteiger partial charge is 0.497 e. The van der Waals surface area contributed by atoms with Crippen LogP contribution in [0.5, 0.6) is 5.75 Å². The zero-order valence-corrected chi connectivity index (χ0v) is 14.6. The van der Waals surface area contributed by atoms with Crippen molar-refractivity contribution in [3.8, 4) is 17.1 Å². The maximum absolute atomic E-state index is 11.8. The summed E-state index contributed by atoms with van der Waals surface area (Å²) in [6.45, 7) is 2.09. The summed E-state index contributed by atoms with van der Waals surface area (Å²) < 4.78 is 7.11. The van der Waals surface area contributed by atoms with Crippen molar-refractivity contribution in [3.63, 3.8) is 0 Å². The average Bonchev–Trinajstić information content (AvgIpc) is 3.26. The van der Waals surface area contributed by atoms with Crippen LogP contribution in [0.15, 0.2) is 30.6 Å². The summed E-state index contributed by atoms with van der Waals surface area (Å²) in [6.07, 6.45) is 3.27. The monoisotopic (exact) mass is 352 g/mol. The number of rotatable bonds is 5. The van der Waals surface area contributed by atoms with Gasteiger partial charge in [-0.1, -0.05) is 0 Å². The van der Waals surface area contributed by atoms with Crippen LogP contribution in [0.4, 0.5) is 5.82 Å². The Bertz CT molecular complexity index is 950. The van der Waals surface area contributed by atoms with Crippen molar-refractivity contribution in [2.24, 2.45) is 0 Å². The van der Waals surface area contributed by atoms with E-state index in [0.29, 0.717) is 42.3 Å². The third kappa shape index (κ3) is 2.94. The van der Waals surface area contributed by atoms with Crippen LogP contribution in [0.25, 0.3) is 22.6 Å². The summed E-state index contributed by atoms with van der Waals surface area (Å²) in [5.41, 5.74) is 8.19. The van der Waals surface area contributed by atoms with Crippen LogP contribution in [-0.4, -0.2) is 50.5 Å². The van der Waals surface area contributed by atoms with Crippen molar-refractivity contribution < 1.29 is 9.53 Å². The normalized spacial score (nSPS) is 14.3. The fourth-order valence-corrected chi connectivity index (χ4v) is 3.17. The maximum Gasteiger partial charge on any atom is 0.222 e. The van der Waals surface area contributed by atoms with E-state index < -0.39 is 0 Å². The Kier molecular flexibility index (Phi) is 4.16. The minimum atomic E-state index is 0.211. The minimum absolute atomic E-state index is 0.211. The lowest BCUT2D eigenvalue weighted by Gasteiger charge is -2.15. The van der Waals surface area contributed by atoms with Gasteiger partial charge in [-0.2, -0.15) is 0 Å². The molecule has 1 aromatic carbocycles. The molecule has 8 nitrogen and oxygen atoms in total. The Labute approximate surface area is 150 Å². The second-order valence-corrected chi connectivity index (χ2v) is 6.26. The molecule has 0 bridgehead atoms. The van der Waals surface area contributed by atoms with Gasteiger partial charge >= 0.3 is 0 Å². The lowest BCUT2D eigenvalue weighted by Crippen LogP contribution is -2.28. The first-order valence-electron chi connectivity index (χ1n) is 8.56. The van der Waals surface area contributed by atoms with Crippen molar-refractivity contribution >= 4 is 22.9 Å². The molecule has 1 amide bonds. The van der Waals surface area contributed by atoms with Gasteiger partial charge in [0.25, 0.3) is 0 Å². The molecule has 26 heavy (non-hydrogen) atoms. The average molecular weight is 352 g/mol. The molecule has 0 radical (unpaired) electrons. The van der Waals surface area contributed by atoms with E-state index in [4.69, 9.17) is 10.5 Å². The van der Waals surface area contributed by atoms with Crippen molar-refractivity contribution in [1.29, 1.82) is 0 Å². The number of nitrogen functional groups attached to an aromatic ring is 1. The first-order chi connectivity index (χ1) is 12.7. The summed E-state index contributed by atoms with van der Waals surface area (Å²) >= 11 is 0. The molecule has 3 aromatic rings. The predicted molar refractivity (Wildman–Crippen MR) is 97.5 cm³/mol. The van der Waals surface area contributed by atoms with Crippen LogP contribution < -0.4 is 10.5 Å². The Morgan fingerprint density at radius 3 is 2.69 bits per heavy atom. The molecule has 4 rings (SSSR count). The summed E-state index contributed by atoms with van der Waals surface area (Å²) in [4.78, 5) is 27.0. The van der Waals surface area contributed by atoms with E-state index in [2.05, 4.69) is 15.0 Å². The fourth-order valence-electron chi connectivity index (χ4n) is 3.17. The van der Waals surface area contributed by atoms with Crippen molar-refractivity contribution in [2.75, 3.05) is 25.9 Å². The van der Waals surface area contributed by atoms with E-state index in [-0.39, 0.29) is 5.91 Å². The van der Waals surface area contributed by atoms with E-state index in [1.807, 2.05) is 33.7 Å². The highest BCUT2D eigenvalue weighted by Gasteiger charge is 2.20. The number of imidazole rings is 1. The molecule has 0 saturated carbocycles. The molecule has 1 saturated heterocycles. The lowest BCUT2D eigenvalue weighted by atomic mass is 10.2. The lowest BCUT2D eigenvalue weighted by molar-refractivity contribution is -0.127. The summed E-state index contributed by atoms with van der Waals surface area (Å²) in [6, 6.07) is 7.50. The zero-order valence-electron chi connectivity index (χ0n) is 14.6. The van der Waals surface area contributed by atoms with Crippen LogP contribution in [0, 0.1) is 0 Å². The van der Waals surface area contributed by atoms with Gasteiger partial charge in [0.1, 0.15) is 11.3 Å². The number of hydrogen-bond acceptors (Lipinski definition) is 6. The Morgan fingerprint density at radius 1 is 1.19 bits per heavy atom. The molecule has 1 fully saturated rings. The van der Waals surface area contributed by atoms with Crippen molar-refractivity contribution in [2.45, 2.75) is 19.4 Å². The molecule has 2 aromatic heterocycles. The molecular formula is C18H20N6O2. The van der Waals surface area contributed by atoms with Crippen molar-refractivity contribution in [3.05, 3.63) is 30.6 Å². The summed E-state index contributed by atoms with van der Waals surface area (Å²) in [7, 11) is 1.62. The highest BCUT2D eigenvalue weighted by molar-refractivity contribution is 5.84. The smallest absolute Gasteiger partial charge is 0.222 e. The molecule has 134 valence electrons. The second-order valence-electron chi connectivity index (χ2n) is 6.26. The second kappa shape index (κ2) is 6.62. The number of fused-ring (bicyclic) bond motifs is 1. The molecule has 3 heterocycles. The van der Waals surface area contributed by atoms with Gasteiger partial charge < -0.3 is 19.9 Å². The Balaban J connectivity index is 1.64. The van der Waals surface area contributed by atoms with Gasteiger partial charge in [0, 0.05) is 31.6 Å². The molecular weight excluding hydrogens is 332 g/mol. The Morgan fingerprint density at radius 2 is 2.00 bits per heavy atom. The number of carbonyl (C=O) groups excluding carboxylic acids is 1. The quantitative estimate of drug-likeness (QED) is 0.750. The predicted octanol–water partition coefficient (Wildman–Crippen LogP) is 1.71. The van der Waals surface area contributed by atoms with Crippen LogP contribution in [-0.2, 0) is 11.3 Å². The summed E-state index contributed by atoms with van der Waals surface area (Å²) in [5, 5.41) is 0. The fraction of sp³-hybridized carbons (Fsp3) is 0.333.